The summed E-state index contributed by atoms with van der Waals surface area (Å²) in [6, 6.07) is 12.1. The second kappa shape index (κ2) is 7.56. The third-order valence-corrected chi connectivity index (χ3v) is 6.17. The Balaban J connectivity index is 1.26. The monoisotopic (exact) mass is 382 g/mol. The molecule has 7 heteroatoms. The van der Waals surface area contributed by atoms with E-state index in [1.165, 1.54) is 0 Å². The number of fused-ring (bicyclic) bond motifs is 2. The first-order chi connectivity index (χ1) is 13.8. The van der Waals surface area contributed by atoms with Gasteiger partial charge in [-0.25, -0.2) is 4.79 Å². The Labute approximate surface area is 164 Å². The lowest BCUT2D eigenvalue weighted by Crippen LogP contribution is -2.34. The lowest BCUT2D eigenvalue weighted by molar-refractivity contribution is -0.140. The Bertz CT molecular complexity index is 818. The van der Waals surface area contributed by atoms with E-state index in [4.69, 9.17) is 9.36 Å². The van der Waals surface area contributed by atoms with E-state index in [0.29, 0.717) is 19.1 Å². The van der Waals surface area contributed by atoms with Gasteiger partial charge in [0, 0.05) is 18.5 Å². The minimum absolute atomic E-state index is 0.0201. The van der Waals surface area contributed by atoms with Gasteiger partial charge in [0.2, 0.25) is 0 Å². The number of amides is 2. The van der Waals surface area contributed by atoms with Crippen LogP contribution in [0.3, 0.4) is 0 Å². The molecule has 2 unspecified atom stereocenters. The zero-order valence-corrected chi connectivity index (χ0v) is 15.9. The SMILES string of the molecule is O=C1N2CC(CCC2c2cc(C3CCNCC3)on2)N1OCc1ccccc1. The van der Waals surface area contributed by atoms with Gasteiger partial charge >= 0.3 is 6.03 Å². The van der Waals surface area contributed by atoms with Gasteiger partial charge in [-0.15, -0.1) is 0 Å². The van der Waals surface area contributed by atoms with Gasteiger partial charge in [-0.1, -0.05) is 35.5 Å². The van der Waals surface area contributed by atoms with E-state index in [1.54, 1.807) is 5.06 Å². The van der Waals surface area contributed by atoms with Crippen LogP contribution in [0.5, 0.6) is 0 Å². The van der Waals surface area contributed by atoms with Gasteiger partial charge in [-0.05, 0) is 44.3 Å². The molecule has 1 N–H and O–H groups in total. The number of aromatic nitrogens is 1. The van der Waals surface area contributed by atoms with E-state index >= 15 is 0 Å². The molecule has 2 amide bonds. The van der Waals surface area contributed by atoms with Crippen LogP contribution < -0.4 is 5.32 Å². The molecule has 3 saturated heterocycles. The zero-order chi connectivity index (χ0) is 18.9. The van der Waals surface area contributed by atoms with Crippen LogP contribution in [0.25, 0.3) is 0 Å². The van der Waals surface area contributed by atoms with E-state index < -0.39 is 0 Å². The summed E-state index contributed by atoms with van der Waals surface area (Å²) in [5, 5.41) is 9.28. The lowest BCUT2D eigenvalue weighted by Gasteiger charge is -2.28. The third-order valence-electron chi connectivity index (χ3n) is 6.17. The minimum atomic E-state index is -0.0603. The molecular weight excluding hydrogens is 356 g/mol. The molecule has 3 aliphatic rings. The van der Waals surface area contributed by atoms with E-state index in [0.717, 1.165) is 55.8 Å². The van der Waals surface area contributed by atoms with Crippen LogP contribution in [0.1, 0.15) is 54.7 Å². The predicted octanol–water partition coefficient (Wildman–Crippen LogP) is 3.21. The smallest absolute Gasteiger partial charge is 0.344 e. The largest absolute Gasteiger partial charge is 0.361 e. The molecular formula is C21H26N4O3. The molecule has 1 aromatic carbocycles. The highest BCUT2D eigenvalue weighted by Crippen LogP contribution is 2.39. The van der Waals surface area contributed by atoms with Crippen LogP contribution in [0.4, 0.5) is 4.79 Å². The van der Waals surface area contributed by atoms with Crippen LogP contribution in [0.2, 0.25) is 0 Å². The number of hydroxylamine groups is 2. The number of hydrogen-bond donors (Lipinski definition) is 1. The van der Waals surface area contributed by atoms with E-state index in [1.807, 2.05) is 35.2 Å². The van der Waals surface area contributed by atoms with Crippen molar-refractivity contribution >= 4 is 6.03 Å². The second-order valence-corrected chi connectivity index (χ2v) is 7.95. The van der Waals surface area contributed by atoms with Gasteiger partial charge in [0.05, 0.1) is 12.1 Å². The molecule has 2 atom stereocenters. The maximum atomic E-state index is 13.0. The van der Waals surface area contributed by atoms with Gasteiger partial charge in [0.1, 0.15) is 18.1 Å². The number of carbonyl (C=O) groups excluding carboxylic acids is 1. The van der Waals surface area contributed by atoms with Crippen molar-refractivity contribution in [3.63, 3.8) is 0 Å². The molecule has 0 radical (unpaired) electrons. The van der Waals surface area contributed by atoms with Gasteiger partial charge < -0.3 is 14.7 Å². The molecule has 3 aliphatic heterocycles. The van der Waals surface area contributed by atoms with Crippen molar-refractivity contribution in [3.8, 4) is 0 Å². The highest BCUT2D eigenvalue weighted by molar-refractivity contribution is 5.77. The molecule has 4 heterocycles. The summed E-state index contributed by atoms with van der Waals surface area (Å²) in [6.07, 6.45) is 3.95. The Hall–Kier alpha value is -2.38. The van der Waals surface area contributed by atoms with Crippen LogP contribution in [0, 0.1) is 0 Å². The first-order valence-electron chi connectivity index (χ1n) is 10.2. The standard InChI is InChI=1S/C21H26N4O3/c26-21-24-13-17(25(21)27-14-15-4-2-1-3-5-15)6-7-19(24)18-12-20(28-23-18)16-8-10-22-11-9-16/h1-5,12,16-17,19,22H,6-11,13-14H2. The van der Waals surface area contributed by atoms with Crippen molar-refractivity contribution in [2.24, 2.45) is 0 Å². The topological polar surface area (TPSA) is 70.8 Å². The Kier molecular flexibility index (Phi) is 4.78. The van der Waals surface area contributed by atoms with Crippen LogP contribution in [-0.4, -0.2) is 46.8 Å². The number of rotatable bonds is 5. The number of urea groups is 1. The number of nitrogens with one attached hydrogen (secondary N) is 1. The van der Waals surface area contributed by atoms with Crippen molar-refractivity contribution in [2.75, 3.05) is 19.6 Å². The quantitative estimate of drug-likeness (QED) is 0.860. The molecule has 2 aromatic rings. The Morgan fingerprint density at radius 2 is 1.96 bits per heavy atom. The number of piperidine rings is 2. The highest BCUT2D eigenvalue weighted by atomic mass is 16.7. The van der Waals surface area contributed by atoms with Gasteiger partial charge in [-0.3, -0.25) is 4.84 Å². The number of benzene rings is 1. The van der Waals surface area contributed by atoms with Gasteiger partial charge in [0.15, 0.2) is 0 Å². The normalized spacial score (nSPS) is 25.5. The average Bonchev–Trinajstić information content (AvgIpc) is 3.33. The summed E-state index contributed by atoms with van der Waals surface area (Å²) >= 11 is 0. The fourth-order valence-corrected chi connectivity index (χ4v) is 4.58. The first kappa shape index (κ1) is 17.7. The van der Waals surface area contributed by atoms with E-state index in [-0.39, 0.29) is 18.1 Å². The summed E-state index contributed by atoms with van der Waals surface area (Å²) in [4.78, 5) is 20.7. The molecule has 5 rings (SSSR count). The Morgan fingerprint density at radius 3 is 2.79 bits per heavy atom. The predicted molar refractivity (Wildman–Crippen MR) is 102 cm³/mol. The lowest BCUT2D eigenvalue weighted by atomic mass is 9.93. The van der Waals surface area contributed by atoms with Crippen LogP contribution in [0.15, 0.2) is 40.9 Å². The maximum absolute atomic E-state index is 13.0. The second-order valence-electron chi connectivity index (χ2n) is 7.95. The molecule has 1 aromatic heterocycles. The maximum Gasteiger partial charge on any atom is 0.344 e. The van der Waals surface area contributed by atoms with E-state index in [2.05, 4.69) is 16.5 Å². The molecule has 148 valence electrons. The van der Waals surface area contributed by atoms with Gasteiger partial charge in [-0.2, -0.15) is 5.06 Å². The average molecular weight is 382 g/mol. The zero-order valence-electron chi connectivity index (χ0n) is 15.9. The summed E-state index contributed by atoms with van der Waals surface area (Å²) < 4.78 is 5.67. The fraction of sp³-hybridized carbons (Fsp3) is 0.524. The molecule has 0 aliphatic carbocycles. The molecule has 3 fully saturated rings. The van der Waals surface area contributed by atoms with Crippen molar-refractivity contribution in [1.29, 1.82) is 0 Å². The Morgan fingerprint density at radius 1 is 1.14 bits per heavy atom. The van der Waals surface area contributed by atoms with E-state index in [9.17, 15) is 4.79 Å². The molecule has 28 heavy (non-hydrogen) atoms. The molecule has 2 bridgehead atoms. The summed E-state index contributed by atoms with van der Waals surface area (Å²) in [6.45, 7) is 3.13. The van der Waals surface area contributed by atoms with Crippen molar-refractivity contribution in [1.82, 2.24) is 20.4 Å². The summed E-state index contributed by atoms with van der Waals surface area (Å²) in [5.74, 6) is 1.39. The molecule has 7 nitrogen and oxygen atoms in total. The van der Waals surface area contributed by atoms with Gasteiger partial charge in [0.25, 0.3) is 0 Å². The van der Waals surface area contributed by atoms with Crippen molar-refractivity contribution < 1.29 is 14.2 Å². The molecule has 0 saturated carbocycles. The highest BCUT2D eigenvalue weighted by Gasteiger charge is 2.47. The summed E-state index contributed by atoms with van der Waals surface area (Å²) in [7, 11) is 0. The van der Waals surface area contributed by atoms with Crippen LogP contribution >= 0.6 is 0 Å². The fourth-order valence-electron chi connectivity index (χ4n) is 4.58. The minimum Gasteiger partial charge on any atom is -0.361 e. The molecule has 0 spiro atoms. The summed E-state index contributed by atoms with van der Waals surface area (Å²) in [5.41, 5.74) is 1.94. The first-order valence-corrected chi connectivity index (χ1v) is 10.2. The van der Waals surface area contributed by atoms with Crippen LogP contribution in [-0.2, 0) is 11.4 Å². The number of carbonyl (C=O) groups is 1. The number of nitrogens with zero attached hydrogens (tertiary/aromatic N) is 3. The number of hydrogen-bond acceptors (Lipinski definition) is 5. The van der Waals surface area contributed by atoms with Crippen molar-refractivity contribution in [3.05, 3.63) is 53.4 Å². The third kappa shape index (κ3) is 3.29. The van der Waals surface area contributed by atoms with Crippen molar-refractivity contribution in [2.45, 2.75) is 50.3 Å².